The van der Waals surface area contributed by atoms with Gasteiger partial charge in [-0.3, -0.25) is 9.48 Å². The number of benzene rings is 1. The molecule has 0 saturated carbocycles. The van der Waals surface area contributed by atoms with Gasteiger partial charge >= 0.3 is 0 Å². The summed E-state index contributed by atoms with van der Waals surface area (Å²) in [6, 6.07) is 3.32. The van der Waals surface area contributed by atoms with E-state index in [1.807, 2.05) is 0 Å². The lowest BCUT2D eigenvalue weighted by Crippen LogP contribution is -2.13. The molecule has 7 heteroatoms. The van der Waals surface area contributed by atoms with Crippen LogP contribution in [0.5, 0.6) is 5.75 Å². The first-order chi connectivity index (χ1) is 9.51. The van der Waals surface area contributed by atoms with Crippen LogP contribution in [0.3, 0.4) is 0 Å². The number of nitrogens with zero attached hydrogens (tertiary/aromatic N) is 3. The number of nitrogens with one attached hydrogen (secondary N) is 1. The van der Waals surface area contributed by atoms with E-state index >= 15 is 0 Å². The second-order valence-electron chi connectivity index (χ2n) is 4.56. The van der Waals surface area contributed by atoms with Crippen LogP contribution >= 0.6 is 0 Å². The molecule has 0 radical (unpaired) electrons. The molecule has 1 amide bonds. The molecule has 20 heavy (non-hydrogen) atoms. The molecule has 0 aliphatic heterocycles. The number of amides is 1. The minimum Gasteiger partial charge on any atom is -0.508 e. The SMILES string of the molecule is Cc1cc(NC(=O)c2cn(CCN)nn2)c(C)cc1O. The Morgan fingerprint density at radius 1 is 1.40 bits per heavy atom. The Morgan fingerprint density at radius 3 is 2.85 bits per heavy atom. The van der Waals surface area contributed by atoms with Crippen LogP contribution in [0.4, 0.5) is 5.69 Å². The number of nitrogens with two attached hydrogens (primary N) is 1. The number of hydrogen-bond acceptors (Lipinski definition) is 5. The van der Waals surface area contributed by atoms with Crippen LogP contribution in [-0.2, 0) is 6.54 Å². The summed E-state index contributed by atoms with van der Waals surface area (Å²) in [6.07, 6.45) is 1.55. The topological polar surface area (TPSA) is 106 Å². The summed E-state index contributed by atoms with van der Waals surface area (Å²) in [5.41, 5.74) is 7.74. The molecule has 0 saturated heterocycles. The van der Waals surface area contributed by atoms with Crippen LogP contribution in [0.2, 0.25) is 0 Å². The van der Waals surface area contributed by atoms with Gasteiger partial charge in [-0.2, -0.15) is 0 Å². The van der Waals surface area contributed by atoms with Crippen LogP contribution in [0.15, 0.2) is 18.3 Å². The fraction of sp³-hybridized carbons (Fsp3) is 0.308. The third kappa shape index (κ3) is 2.94. The standard InChI is InChI=1S/C13H17N5O2/c1-8-6-12(19)9(2)5-10(8)15-13(20)11-7-18(4-3-14)17-16-11/h5-7,19H,3-4,14H2,1-2H3,(H,15,20). The van der Waals surface area contributed by atoms with Gasteiger partial charge in [-0.05, 0) is 37.1 Å². The molecule has 4 N–H and O–H groups in total. The number of aryl methyl sites for hydroxylation is 2. The van der Waals surface area contributed by atoms with Gasteiger partial charge in [-0.15, -0.1) is 5.10 Å². The van der Waals surface area contributed by atoms with Crippen molar-refractivity contribution in [2.24, 2.45) is 5.73 Å². The molecule has 7 nitrogen and oxygen atoms in total. The van der Waals surface area contributed by atoms with E-state index in [2.05, 4.69) is 15.6 Å². The highest BCUT2D eigenvalue weighted by Gasteiger charge is 2.13. The number of phenolic OH excluding ortho intramolecular Hbond substituents is 1. The molecular formula is C13H17N5O2. The van der Waals surface area contributed by atoms with Crippen LogP contribution < -0.4 is 11.1 Å². The Bertz CT molecular complexity index is 636. The number of carbonyl (C=O) groups excluding carboxylic acids is 1. The Balaban J connectivity index is 2.16. The van der Waals surface area contributed by atoms with E-state index in [1.54, 1.807) is 32.2 Å². The maximum atomic E-state index is 12.1. The van der Waals surface area contributed by atoms with Gasteiger partial charge < -0.3 is 16.2 Å². The van der Waals surface area contributed by atoms with Crippen molar-refractivity contribution in [1.82, 2.24) is 15.0 Å². The minimum atomic E-state index is -0.346. The average molecular weight is 275 g/mol. The molecule has 0 aliphatic rings. The van der Waals surface area contributed by atoms with E-state index < -0.39 is 0 Å². The number of rotatable bonds is 4. The van der Waals surface area contributed by atoms with Gasteiger partial charge in [0.2, 0.25) is 0 Å². The number of anilines is 1. The van der Waals surface area contributed by atoms with Crippen LogP contribution in [-0.4, -0.2) is 32.6 Å². The van der Waals surface area contributed by atoms with E-state index in [0.29, 0.717) is 24.3 Å². The first kappa shape index (κ1) is 14.0. The van der Waals surface area contributed by atoms with Gasteiger partial charge in [0.05, 0.1) is 12.7 Å². The molecule has 0 atom stereocenters. The van der Waals surface area contributed by atoms with Crippen molar-refractivity contribution in [2.45, 2.75) is 20.4 Å². The number of aromatic hydroxyl groups is 1. The Morgan fingerprint density at radius 2 is 2.15 bits per heavy atom. The summed E-state index contributed by atoms with van der Waals surface area (Å²) in [7, 11) is 0. The van der Waals surface area contributed by atoms with Gasteiger partial charge in [0.1, 0.15) is 5.75 Å². The molecule has 0 aliphatic carbocycles. The predicted octanol–water partition coefficient (Wildman–Crippen LogP) is 0.812. The molecule has 0 fully saturated rings. The molecule has 2 aromatic rings. The van der Waals surface area contributed by atoms with Crippen LogP contribution in [0.1, 0.15) is 21.6 Å². The number of aromatic nitrogens is 3. The normalized spacial score (nSPS) is 10.6. The molecule has 1 aromatic carbocycles. The lowest BCUT2D eigenvalue weighted by molar-refractivity contribution is 0.102. The molecule has 0 unspecified atom stereocenters. The largest absolute Gasteiger partial charge is 0.508 e. The maximum absolute atomic E-state index is 12.1. The molecule has 0 bridgehead atoms. The zero-order valence-electron chi connectivity index (χ0n) is 11.4. The van der Waals surface area contributed by atoms with Crippen LogP contribution in [0, 0.1) is 13.8 Å². The lowest BCUT2D eigenvalue weighted by Gasteiger charge is -2.09. The first-order valence-electron chi connectivity index (χ1n) is 6.23. The molecule has 106 valence electrons. The van der Waals surface area contributed by atoms with Crippen LogP contribution in [0.25, 0.3) is 0 Å². The molecular weight excluding hydrogens is 258 g/mol. The Hall–Kier alpha value is -2.41. The predicted molar refractivity (Wildman–Crippen MR) is 74.6 cm³/mol. The van der Waals surface area contributed by atoms with E-state index in [1.165, 1.54) is 4.68 Å². The van der Waals surface area contributed by atoms with Gasteiger partial charge in [-0.25, -0.2) is 0 Å². The molecule has 1 aromatic heterocycles. The summed E-state index contributed by atoms with van der Waals surface area (Å²) in [6.45, 7) is 4.51. The number of carbonyl (C=O) groups is 1. The van der Waals surface area contributed by atoms with Crippen molar-refractivity contribution < 1.29 is 9.90 Å². The Labute approximate surface area is 116 Å². The van der Waals surface area contributed by atoms with Crippen molar-refractivity contribution in [3.63, 3.8) is 0 Å². The second-order valence-corrected chi connectivity index (χ2v) is 4.56. The zero-order chi connectivity index (χ0) is 14.7. The first-order valence-corrected chi connectivity index (χ1v) is 6.23. The maximum Gasteiger partial charge on any atom is 0.277 e. The fourth-order valence-electron chi connectivity index (χ4n) is 1.77. The highest BCUT2D eigenvalue weighted by molar-refractivity contribution is 6.03. The monoisotopic (exact) mass is 275 g/mol. The highest BCUT2D eigenvalue weighted by Crippen LogP contribution is 2.25. The summed E-state index contributed by atoms with van der Waals surface area (Å²) in [4.78, 5) is 12.1. The molecule has 2 rings (SSSR count). The summed E-state index contributed by atoms with van der Waals surface area (Å²) in [5, 5.41) is 19.9. The lowest BCUT2D eigenvalue weighted by atomic mass is 10.1. The molecule has 1 heterocycles. The van der Waals surface area contributed by atoms with E-state index in [-0.39, 0.29) is 17.4 Å². The summed E-state index contributed by atoms with van der Waals surface area (Å²) >= 11 is 0. The summed E-state index contributed by atoms with van der Waals surface area (Å²) in [5.74, 6) is -0.143. The fourth-order valence-corrected chi connectivity index (χ4v) is 1.77. The van der Waals surface area contributed by atoms with Gasteiger partial charge in [0, 0.05) is 12.2 Å². The smallest absolute Gasteiger partial charge is 0.277 e. The minimum absolute atomic E-state index is 0.203. The summed E-state index contributed by atoms with van der Waals surface area (Å²) < 4.78 is 1.52. The third-order valence-corrected chi connectivity index (χ3v) is 2.92. The van der Waals surface area contributed by atoms with Gasteiger partial charge in [0.25, 0.3) is 5.91 Å². The number of hydrogen-bond donors (Lipinski definition) is 3. The van der Waals surface area contributed by atoms with Crippen molar-refractivity contribution in [3.8, 4) is 5.75 Å². The van der Waals surface area contributed by atoms with Crippen molar-refractivity contribution >= 4 is 11.6 Å². The highest BCUT2D eigenvalue weighted by atomic mass is 16.3. The quantitative estimate of drug-likeness (QED) is 0.716. The van der Waals surface area contributed by atoms with Crippen molar-refractivity contribution in [1.29, 1.82) is 0 Å². The number of phenols is 1. The van der Waals surface area contributed by atoms with E-state index in [9.17, 15) is 9.90 Å². The zero-order valence-corrected chi connectivity index (χ0v) is 11.4. The second kappa shape index (κ2) is 5.70. The van der Waals surface area contributed by atoms with Gasteiger partial charge in [0.15, 0.2) is 5.69 Å². The Kier molecular flexibility index (Phi) is 3.99. The third-order valence-electron chi connectivity index (χ3n) is 2.92. The van der Waals surface area contributed by atoms with Crippen molar-refractivity contribution in [3.05, 3.63) is 35.2 Å². The molecule has 0 spiro atoms. The van der Waals surface area contributed by atoms with Crippen molar-refractivity contribution in [2.75, 3.05) is 11.9 Å². The average Bonchev–Trinajstić information content (AvgIpc) is 2.85. The van der Waals surface area contributed by atoms with E-state index in [0.717, 1.165) is 5.56 Å². The van der Waals surface area contributed by atoms with Gasteiger partial charge in [-0.1, -0.05) is 5.21 Å². The van der Waals surface area contributed by atoms with E-state index in [4.69, 9.17) is 5.73 Å².